The van der Waals surface area contributed by atoms with Crippen LogP contribution in [0.1, 0.15) is 27.7 Å². The number of hydrogen-bond acceptors (Lipinski definition) is 5. The van der Waals surface area contributed by atoms with Crippen LogP contribution in [0, 0.1) is 18.3 Å². The van der Waals surface area contributed by atoms with Gasteiger partial charge in [0.1, 0.15) is 6.10 Å². The number of ether oxygens (including phenoxy) is 1. The van der Waals surface area contributed by atoms with Crippen LogP contribution < -0.4 is 0 Å². The highest BCUT2D eigenvalue weighted by atomic mass is 31.2. The van der Waals surface area contributed by atoms with E-state index >= 15 is 0 Å². The molecule has 6 atom stereocenters. The summed E-state index contributed by atoms with van der Waals surface area (Å²) in [4.78, 5) is 11.1. The minimum Gasteiger partial charge on any atom is -0.462 e. The highest BCUT2D eigenvalue weighted by Gasteiger charge is 2.58. The van der Waals surface area contributed by atoms with Gasteiger partial charge in [-0.15, -0.1) is 0 Å². The summed E-state index contributed by atoms with van der Waals surface area (Å²) in [5.41, 5.74) is -0.609. The molecule has 1 aliphatic heterocycles. The molecule has 0 aromatic carbocycles. The van der Waals surface area contributed by atoms with Crippen molar-refractivity contribution in [2.24, 2.45) is 11.8 Å². The summed E-state index contributed by atoms with van der Waals surface area (Å²) >= 11 is 0. The fourth-order valence-electron chi connectivity index (χ4n) is 2.81. The zero-order chi connectivity index (χ0) is 13.7. The van der Waals surface area contributed by atoms with Crippen LogP contribution in [0.3, 0.4) is 0 Å². The molecule has 103 valence electrons. The van der Waals surface area contributed by atoms with Crippen LogP contribution in [0.15, 0.2) is 0 Å². The van der Waals surface area contributed by atoms with Crippen LogP contribution >= 0.6 is 7.60 Å². The molecule has 18 heavy (non-hydrogen) atoms. The third-order valence-electron chi connectivity index (χ3n) is 4.15. The van der Waals surface area contributed by atoms with Crippen molar-refractivity contribution in [2.75, 3.05) is 6.66 Å². The first kappa shape index (κ1) is 14.0. The average molecular weight is 275 g/mol. The summed E-state index contributed by atoms with van der Waals surface area (Å²) in [5, 5.41) is 0. The molecule has 6 unspecified atom stereocenters. The molecule has 1 saturated carbocycles. The third-order valence-corrected chi connectivity index (χ3v) is 5.50. The monoisotopic (exact) mass is 275 g/mol. The van der Waals surface area contributed by atoms with Gasteiger partial charge in [-0.2, -0.15) is 0 Å². The number of fused-ring (bicyclic) bond motifs is 2. The quantitative estimate of drug-likeness (QED) is 0.543. The van der Waals surface area contributed by atoms with Crippen LogP contribution in [0.5, 0.6) is 0 Å². The summed E-state index contributed by atoms with van der Waals surface area (Å²) < 4.78 is 28.5. The zero-order valence-electron chi connectivity index (χ0n) is 11.4. The van der Waals surface area contributed by atoms with Gasteiger partial charge < -0.3 is 13.8 Å². The molecule has 0 amide bonds. The second-order valence-corrected chi connectivity index (χ2v) is 7.40. The average Bonchev–Trinajstić information content (AvgIpc) is 2.19. The summed E-state index contributed by atoms with van der Waals surface area (Å²) in [6.45, 7) is 8.72. The summed E-state index contributed by atoms with van der Waals surface area (Å²) in [7, 11) is -3.04. The van der Waals surface area contributed by atoms with Crippen molar-refractivity contribution in [2.45, 2.75) is 45.5 Å². The third kappa shape index (κ3) is 2.24. The van der Waals surface area contributed by atoms with Crippen molar-refractivity contribution < 1.29 is 23.1 Å². The molecule has 1 aliphatic carbocycles. The maximum Gasteiger partial charge on any atom is 0.328 e. The molecular formula is C12H20O5P. The summed E-state index contributed by atoms with van der Waals surface area (Å²) in [6.07, 6.45) is 1.16. The lowest BCUT2D eigenvalue weighted by atomic mass is 9.68. The SMILES string of the molecule is CC(=O)OC1[CH]C2OP(C)(=O)OC(C)(C1C)C2C. The Morgan fingerprint density at radius 2 is 2.00 bits per heavy atom. The number of hydrogen-bond donors (Lipinski definition) is 0. The lowest BCUT2D eigenvalue weighted by Gasteiger charge is -2.54. The molecule has 1 saturated heterocycles. The summed E-state index contributed by atoms with van der Waals surface area (Å²) in [6, 6.07) is 0. The van der Waals surface area contributed by atoms with Gasteiger partial charge in [0.2, 0.25) is 0 Å². The van der Waals surface area contributed by atoms with Gasteiger partial charge in [-0.25, -0.2) is 0 Å². The van der Waals surface area contributed by atoms with Crippen molar-refractivity contribution in [3.8, 4) is 0 Å². The lowest BCUT2D eigenvalue weighted by Crippen LogP contribution is -2.60. The number of rotatable bonds is 1. The molecule has 6 heteroatoms. The Hall–Kier alpha value is -0.380. The Morgan fingerprint density at radius 3 is 2.56 bits per heavy atom. The molecule has 2 rings (SSSR count). The highest BCUT2D eigenvalue weighted by molar-refractivity contribution is 7.53. The first-order chi connectivity index (χ1) is 8.16. The van der Waals surface area contributed by atoms with Crippen molar-refractivity contribution in [3.63, 3.8) is 0 Å². The molecular weight excluding hydrogens is 255 g/mol. The smallest absolute Gasteiger partial charge is 0.328 e. The second-order valence-electron chi connectivity index (χ2n) is 5.46. The first-order valence-electron chi connectivity index (χ1n) is 6.14. The van der Waals surface area contributed by atoms with Gasteiger partial charge >= 0.3 is 13.6 Å². The van der Waals surface area contributed by atoms with E-state index in [0.29, 0.717) is 0 Å². The molecule has 2 fully saturated rings. The second kappa shape index (κ2) is 4.32. The minimum absolute atomic E-state index is 0.0650. The molecule has 2 aliphatic rings. The first-order valence-corrected chi connectivity index (χ1v) is 8.13. The van der Waals surface area contributed by atoms with E-state index in [2.05, 4.69) is 0 Å². The number of esters is 1. The standard InChI is InChI=1S/C12H20O5P/c1-7-10(15-9(3)13)6-11-8(2)12(7,4)17-18(5,14)16-11/h6-8,10-11H,1-5H3. The maximum absolute atomic E-state index is 12.1. The Labute approximate surface area is 108 Å². The van der Waals surface area contributed by atoms with Crippen LogP contribution in [-0.4, -0.2) is 30.4 Å². The molecule has 1 radical (unpaired) electrons. The van der Waals surface area contributed by atoms with Crippen LogP contribution in [-0.2, 0) is 23.1 Å². The predicted molar refractivity (Wildman–Crippen MR) is 66.1 cm³/mol. The lowest BCUT2D eigenvalue weighted by molar-refractivity contribution is -0.175. The largest absolute Gasteiger partial charge is 0.462 e. The molecule has 0 aromatic rings. The van der Waals surface area contributed by atoms with Crippen molar-refractivity contribution in [1.82, 2.24) is 0 Å². The molecule has 0 spiro atoms. The van der Waals surface area contributed by atoms with Crippen molar-refractivity contribution >= 4 is 13.6 Å². The van der Waals surface area contributed by atoms with E-state index in [1.807, 2.05) is 27.2 Å². The molecule has 5 nitrogen and oxygen atoms in total. The van der Waals surface area contributed by atoms with Gasteiger partial charge in [-0.1, -0.05) is 13.8 Å². The van der Waals surface area contributed by atoms with Crippen LogP contribution in [0.25, 0.3) is 0 Å². The van der Waals surface area contributed by atoms with E-state index in [-0.39, 0.29) is 30.0 Å². The van der Waals surface area contributed by atoms with Crippen LogP contribution in [0.2, 0.25) is 0 Å². The van der Waals surface area contributed by atoms with Gasteiger partial charge in [-0.05, 0) is 6.92 Å². The van der Waals surface area contributed by atoms with E-state index in [9.17, 15) is 9.36 Å². The normalized spacial score (nSPS) is 51.8. The molecule has 0 aromatic heterocycles. The van der Waals surface area contributed by atoms with E-state index < -0.39 is 13.2 Å². The van der Waals surface area contributed by atoms with Crippen molar-refractivity contribution in [1.29, 1.82) is 0 Å². The Morgan fingerprint density at radius 1 is 1.39 bits per heavy atom. The van der Waals surface area contributed by atoms with Gasteiger partial charge in [0, 0.05) is 31.8 Å². The molecule has 2 bridgehead atoms. The van der Waals surface area contributed by atoms with Gasteiger partial charge in [0.25, 0.3) is 0 Å². The zero-order valence-corrected chi connectivity index (χ0v) is 12.3. The highest BCUT2D eigenvalue weighted by Crippen LogP contribution is 2.61. The van der Waals surface area contributed by atoms with E-state index in [0.717, 1.165) is 0 Å². The predicted octanol–water partition coefficient (Wildman–Crippen LogP) is 2.41. The van der Waals surface area contributed by atoms with Crippen molar-refractivity contribution in [3.05, 3.63) is 6.42 Å². The van der Waals surface area contributed by atoms with Crippen LogP contribution in [0.4, 0.5) is 0 Å². The molecule has 1 heterocycles. The van der Waals surface area contributed by atoms with Gasteiger partial charge in [0.05, 0.1) is 11.7 Å². The Bertz CT molecular complexity index is 409. The minimum atomic E-state index is -3.04. The van der Waals surface area contributed by atoms with E-state index in [1.165, 1.54) is 13.6 Å². The fourth-order valence-corrected chi connectivity index (χ4v) is 4.60. The molecule has 0 N–H and O–H groups in total. The summed E-state index contributed by atoms with van der Waals surface area (Å²) in [5.74, 6) is -0.329. The van der Waals surface area contributed by atoms with E-state index in [4.69, 9.17) is 13.8 Å². The Balaban J connectivity index is 2.29. The number of carbonyl (C=O) groups is 1. The Kier molecular flexibility index (Phi) is 3.37. The van der Waals surface area contributed by atoms with Gasteiger partial charge in [0.15, 0.2) is 0 Å². The van der Waals surface area contributed by atoms with Gasteiger partial charge in [-0.3, -0.25) is 9.36 Å². The number of carbonyl (C=O) groups excluding carboxylic acids is 1. The fraction of sp³-hybridized carbons (Fsp3) is 0.833. The topological polar surface area (TPSA) is 61.8 Å². The van der Waals surface area contributed by atoms with E-state index in [1.54, 1.807) is 0 Å². The maximum atomic E-state index is 12.1.